The third-order valence-electron chi connectivity index (χ3n) is 1.94. The average molecular weight is 278 g/mol. The van der Waals surface area contributed by atoms with Crippen LogP contribution in [0.1, 0.15) is 23.6 Å². The van der Waals surface area contributed by atoms with E-state index < -0.39 is 7.60 Å². The van der Waals surface area contributed by atoms with Crippen molar-refractivity contribution in [2.24, 2.45) is 0 Å². The van der Waals surface area contributed by atoms with Gasteiger partial charge in [-0.05, 0) is 32.9 Å². The van der Waals surface area contributed by atoms with E-state index in [0.29, 0.717) is 19.8 Å². The van der Waals surface area contributed by atoms with Gasteiger partial charge < -0.3 is 13.8 Å². The van der Waals surface area contributed by atoms with Gasteiger partial charge in [0.25, 0.3) is 0 Å². The van der Waals surface area contributed by atoms with E-state index in [4.69, 9.17) is 13.8 Å². The van der Waals surface area contributed by atoms with Crippen molar-refractivity contribution >= 4 is 18.9 Å². The second kappa shape index (κ2) is 7.29. The molecule has 0 bridgehead atoms. The third kappa shape index (κ3) is 5.32. The molecule has 0 amide bonds. The number of rotatable bonds is 8. The maximum atomic E-state index is 12.0. The molecule has 0 radical (unpaired) electrons. The normalized spacial score (nSPS) is 11.9. The predicted molar refractivity (Wildman–Crippen MR) is 69.6 cm³/mol. The van der Waals surface area contributed by atoms with Gasteiger partial charge in [0.05, 0.1) is 19.8 Å². The molecule has 0 spiro atoms. The van der Waals surface area contributed by atoms with Crippen molar-refractivity contribution in [1.82, 2.24) is 0 Å². The van der Waals surface area contributed by atoms with Gasteiger partial charge in [0.15, 0.2) is 0 Å². The van der Waals surface area contributed by atoms with E-state index in [-0.39, 0.29) is 6.35 Å². The first kappa shape index (κ1) is 14.9. The van der Waals surface area contributed by atoms with Gasteiger partial charge in [0, 0.05) is 9.75 Å². The lowest BCUT2D eigenvalue weighted by Crippen LogP contribution is -2.03. The molecule has 98 valence electrons. The highest BCUT2D eigenvalue weighted by Crippen LogP contribution is 2.48. The molecule has 1 heterocycles. The molecular weight excluding hydrogens is 259 g/mol. The summed E-state index contributed by atoms with van der Waals surface area (Å²) in [6.45, 7) is 6.78. The summed E-state index contributed by atoms with van der Waals surface area (Å²) in [5.41, 5.74) is 0. The first-order chi connectivity index (χ1) is 8.09. The van der Waals surface area contributed by atoms with Gasteiger partial charge >= 0.3 is 7.60 Å². The van der Waals surface area contributed by atoms with Crippen molar-refractivity contribution in [1.29, 1.82) is 0 Å². The molecule has 0 aliphatic carbocycles. The van der Waals surface area contributed by atoms with Crippen molar-refractivity contribution in [3.8, 4) is 0 Å². The minimum Gasteiger partial charge on any atom is -0.363 e. The van der Waals surface area contributed by atoms with E-state index in [0.717, 1.165) is 4.88 Å². The zero-order chi connectivity index (χ0) is 12.7. The van der Waals surface area contributed by atoms with Gasteiger partial charge in [0.1, 0.15) is 6.35 Å². The first-order valence-corrected chi connectivity index (χ1v) is 8.15. The number of thiophene rings is 1. The summed E-state index contributed by atoms with van der Waals surface area (Å²) >= 11 is 1.67. The van der Waals surface area contributed by atoms with Crippen LogP contribution in [0.5, 0.6) is 0 Å². The molecule has 17 heavy (non-hydrogen) atoms. The van der Waals surface area contributed by atoms with Crippen LogP contribution in [0.15, 0.2) is 12.1 Å². The van der Waals surface area contributed by atoms with Gasteiger partial charge in [-0.25, -0.2) is 0 Å². The van der Waals surface area contributed by atoms with Crippen LogP contribution in [0.3, 0.4) is 0 Å². The molecule has 0 saturated heterocycles. The van der Waals surface area contributed by atoms with Gasteiger partial charge in [-0.1, -0.05) is 0 Å². The monoisotopic (exact) mass is 278 g/mol. The van der Waals surface area contributed by atoms with Crippen LogP contribution in [-0.2, 0) is 25.0 Å². The fraction of sp³-hybridized carbons (Fsp3) is 0.636. The minimum absolute atomic E-state index is 0.00558. The van der Waals surface area contributed by atoms with Gasteiger partial charge in [-0.3, -0.25) is 4.57 Å². The SMILES string of the molecule is CCOP(=O)(COCc1ccc(C)s1)OCC. The number of hydrogen-bond acceptors (Lipinski definition) is 5. The second-order valence-corrected chi connectivity index (χ2v) is 6.81. The van der Waals surface area contributed by atoms with Crippen LogP contribution in [0.4, 0.5) is 0 Å². The zero-order valence-corrected chi connectivity index (χ0v) is 12.2. The topological polar surface area (TPSA) is 44.8 Å². The van der Waals surface area contributed by atoms with Crippen molar-refractivity contribution in [2.45, 2.75) is 27.4 Å². The Bertz CT molecular complexity index is 367. The summed E-state index contributed by atoms with van der Waals surface area (Å²) in [7, 11) is -3.07. The Kier molecular flexibility index (Phi) is 6.38. The Labute approximate surface area is 106 Å². The summed E-state index contributed by atoms with van der Waals surface area (Å²) in [6.07, 6.45) is 0.00558. The van der Waals surface area contributed by atoms with Crippen LogP contribution in [0.25, 0.3) is 0 Å². The minimum atomic E-state index is -3.07. The Balaban J connectivity index is 2.39. The quantitative estimate of drug-likeness (QED) is 0.678. The van der Waals surface area contributed by atoms with E-state index in [1.807, 2.05) is 19.1 Å². The van der Waals surface area contributed by atoms with E-state index >= 15 is 0 Å². The van der Waals surface area contributed by atoms with Crippen molar-refractivity contribution < 1.29 is 18.3 Å². The Morgan fingerprint density at radius 1 is 1.24 bits per heavy atom. The van der Waals surface area contributed by atoms with Crippen LogP contribution < -0.4 is 0 Å². The molecule has 0 fully saturated rings. The molecule has 0 atom stereocenters. The van der Waals surface area contributed by atoms with Gasteiger partial charge in [-0.2, -0.15) is 0 Å². The average Bonchev–Trinajstić information content (AvgIpc) is 2.65. The third-order valence-corrected chi connectivity index (χ3v) is 4.72. The standard InChI is InChI=1S/C11H19O4PS/c1-4-14-16(12,15-5-2)9-13-8-11-7-6-10(3)17-11/h6-7H,4-5,8-9H2,1-3H3. The Morgan fingerprint density at radius 2 is 1.88 bits per heavy atom. The number of hydrogen-bond donors (Lipinski definition) is 0. The predicted octanol–water partition coefficient (Wildman–Crippen LogP) is 3.80. The molecule has 1 aromatic heterocycles. The van der Waals surface area contributed by atoms with E-state index in [2.05, 4.69) is 0 Å². The molecule has 1 aromatic rings. The lowest BCUT2D eigenvalue weighted by atomic mass is 10.4. The Hall–Kier alpha value is -0.190. The van der Waals surface area contributed by atoms with Crippen LogP contribution in [0.2, 0.25) is 0 Å². The molecule has 0 unspecified atom stereocenters. The summed E-state index contributed by atoms with van der Waals surface area (Å²) in [5, 5.41) is 0. The molecule has 1 rings (SSSR count). The maximum absolute atomic E-state index is 12.0. The van der Waals surface area contributed by atoms with Gasteiger partial charge in [0.2, 0.25) is 0 Å². The lowest BCUT2D eigenvalue weighted by Gasteiger charge is -2.16. The fourth-order valence-corrected chi connectivity index (χ4v) is 3.48. The largest absolute Gasteiger partial charge is 0.363 e. The number of ether oxygens (including phenoxy) is 1. The summed E-state index contributed by atoms with van der Waals surface area (Å²) in [5.74, 6) is 0. The van der Waals surface area contributed by atoms with Crippen LogP contribution >= 0.6 is 18.9 Å². The molecule has 4 nitrogen and oxygen atoms in total. The van der Waals surface area contributed by atoms with Crippen molar-refractivity contribution in [3.05, 3.63) is 21.9 Å². The summed E-state index contributed by atoms with van der Waals surface area (Å²) in [4.78, 5) is 2.35. The van der Waals surface area contributed by atoms with Crippen LogP contribution in [0, 0.1) is 6.92 Å². The molecular formula is C11H19O4PS. The molecule has 0 aromatic carbocycles. The highest BCUT2D eigenvalue weighted by Gasteiger charge is 2.23. The first-order valence-electron chi connectivity index (χ1n) is 5.61. The summed E-state index contributed by atoms with van der Waals surface area (Å²) < 4.78 is 27.7. The molecule has 0 N–H and O–H groups in total. The fourth-order valence-electron chi connectivity index (χ4n) is 1.33. The highest BCUT2D eigenvalue weighted by atomic mass is 32.1. The molecule has 0 aliphatic rings. The van der Waals surface area contributed by atoms with Gasteiger partial charge in [-0.15, -0.1) is 11.3 Å². The maximum Gasteiger partial charge on any atom is 0.356 e. The van der Waals surface area contributed by atoms with E-state index in [1.165, 1.54) is 4.88 Å². The lowest BCUT2D eigenvalue weighted by molar-refractivity contribution is 0.124. The molecule has 0 saturated carbocycles. The number of aryl methyl sites for hydroxylation is 1. The van der Waals surface area contributed by atoms with Crippen molar-refractivity contribution in [2.75, 3.05) is 19.6 Å². The van der Waals surface area contributed by atoms with Crippen molar-refractivity contribution in [3.63, 3.8) is 0 Å². The molecule has 0 aliphatic heterocycles. The molecule has 6 heteroatoms. The smallest absolute Gasteiger partial charge is 0.356 e. The van der Waals surface area contributed by atoms with E-state index in [9.17, 15) is 4.57 Å². The van der Waals surface area contributed by atoms with Crippen LogP contribution in [-0.4, -0.2) is 19.6 Å². The van der Waals surface area contributed by atoms with E-state index in [1.54, 1.807) is 25.2 Å². The zero-order valence-electron chi connectivity index (χ0n) is 10.5. The second-order valence-electron chi connectivity index (χ2n) is 3.44. The Morgan fingerprint density at radius 3 is 2.35 bits per heavy atom. The highest BCUT2D eigenvalue weighted by molar-refractivity contribution is 7.53. The summed E-state index contributed by atoms with van der Waals surface area (Å²) in [6, 6.07) is 4.04.